The van der Waals surface area contributed by atoms with E-state index >= 15 is 0 Å². The highest BCUT2D eigenvalue weighted by Gasteiger charge is 2.07. The fourth-order valence-electron chi connectivity index (χ4n) is 0.927. The first-order chi connectivity index (χ1) is 6.74. The largest absolute Gasteiger partial charge is 0.457 e. The number of Topliss-reactive ketones (excluding diaryl/α,β-unsaturated/α-hetero) is 1. The molecule has 1 aromatic rings. The SMILES string of the molecule is C[CH]C(=O)OCC(=O)c1ccccc1. The topological polar surface area (TPSA) is 43.4 Å². The van der Waals surface area contributed by atoms with E-state index in [1.807, 2.05) is 6.07 Å². The Morgan fingerprint density at radius 2 is 1.93 bits per heavy atom. The molecule has 0 N–H and O–H groups in total. The third-order valence-corrected chi connectivity index (χ3v) is 1.68. The zero-order chi connectivity index (χ0) is 10.4. The van der Waals surface area contributed by atoms with Crippen LogP contribution in [-0.2, 0) is 9.53 Å². The lowest BCUT2D eigenvalue weighted by Gasteiger charge is -2.01. The van der Waals surface area contributed by atoms with Crippen molar-refractivity contribution in [1.82, 2.24) is 0 Å². The Kier molecular flexibility index (Phi) is 3.85. The highest BCUT2D eigenvalue weighted by molar-refractivity contribution is 5.98. The van der Waals surface area contributed by atoms with E-state index in [0.29, 0.717) is 5.56 Å². The molecule has 0 amide bonds. The van der Waals surface area contributed by atoms with E-state index in [2.05, 4.69) is 4.74 Å². The quantitative estimate of drug-likeness (QED) is 0.536. The van der Waals surface area contributed by atoms with Crippen LogP contribution in [-0.4, -0.2) is 18.4 Å². The Hall–Kier alpha value is -1.64. The molecule has 3 heteroatoms. The molecule has 1 radical (unpaired) electrons. The molecule has 3 nitrogen and oxygen atoms in total. The van der Waals surface area contributed by atoms with Crippen LogP contribution >= 0.6 is 0 Å². The van der Waals surface area contributed by atoms with Crippen molar-refractivity contribution in [2.45, 2.75) is 6.92 Å². The van der Waals surface area contributed by atoms with Gasteiger partial charge in [-0.15, -0.1) is 0 Å². The lowest BCUT2D eigenvalue weighted by Crippen LogP contribution is -2.13. The van der Waals surface area contributed by atoms with Crippen LogP contribution in [0.5, 0.6) is 0 Å². The maximum absolute atomic E-state index is 11.4. The van der Waals surface area contributed by atoms with Gasteiger partial charge in [-0.25, -0.2) is 0 Å². The molecule has 1 aromatic carbocycles. The Balaban J connectivity index is 2.48. The first-order valence-electron chi connectivity index (χ1n) is 4.28. The van der Waals surface area contributed by atoms with Crippen molar-refractivity contribution in [2.24, 2.45) is 0 Å². The van der Waals surface area contributed by atoms with Crippen molar-refractivity contribution >= 4 is 11.8 Å². The summed E-state index contributed by atoms with van der Waals surface area (Å²) in [5, 5.41) is 0. The summed E-state index contributed by atoms with van der Waals surface area (Å²) < 4.78 is 4.66. The normalized spacial score (nSPS) is 9.50. The van der Waals surface area contributed by atoms with Gasteiger partial charge in [0, 0.05) is 5.56 Å². The summed E-state index contributed by atoms with van der Waals surface area (Å²) in [6.07, 6.45) is 1.28. The average molecular weight is 191 g/mol. The van der Waals surface area contributed by atoms with Gasteiger partial charge in [0.1, 0.15) is 0 Å². The lowest BCUT2D eigenvalue weighted by molar-refractivity contribution is -0.138. The van der Waals surface area contributed by atoms with Crippen molar-refractivity contribution in [3.05, 3.63) is 42.3 Å². The first kappa shape index (κ1) is 10.4. The van der Waals surface area contributed by atoms with Crippen LogP contribution in [0, 0.1) is 6.42 Å². The highest BCUT2D eigenvalue weighted by atomic mass is 16.5. The van der Waals surface area contributed by atoms with Crippen LogP contribution in [0.2, 0.25) is 0 Å². The second-order valence-corrected chi connectivity index (χ2v) is 2.69. The number of carbonyl (C=O) groups excluding carboxylic acids is 2. The second-order valence-electron chi connectivity index (χ2n) is 2.69. The molecular weight excluding hydrogens is 180 g/mol. The molecule has 0 bridgehead atoms. The molecule has 1 rings (SSSR count). The zero-order valence-electron chi connectivity index (χ0n) is 7.90. The molecule has 0 saturated heterocycles. The standard InChI is InChI=1S/C11H11O3/c1-2-11(13)14-8-10(12)9-6-4-3-5-7-9/h2-7H,8H2,1H3. The van der Waals surface area contributed by atoms with Gasteiger partial charge in [-0.3, -0.25) is 9.59 Å². The number of rotatable bonds is 4. The number of hydrogen-bond acceptors (Lipinski definition) is 3. The van der Waals surface area contributed by atoms with Gasteiger partial charge < -0.3 is 4.74 Å². The minimum atomic E-state index is -0.478. The van der Waals surface area contributed by atoms with Gasteiger partial charge in [-0.05, 0) is 0 Å². The molecule has 14 heavy (non-hydrogen) atoms. The molecule has 0 aromatic heterocycles. The summed E-state index contributed by atoms with van der Waals surface area (Å²) >= 11 is 0. The highest BCUT2D eigenvalue weighted by Crippen LogP contribution is 2.00. The predicted octanol–water partition coefficient (Wildman–Crippen LogP) is 1.64. The molecule has 0 spiro atoms. The van der Waals surface area contributed by atoms with Crippen molar-refractivity contribution < 1.29 is 14.3 Å². The van der Waals surface area contributed by atoms with Crippen LogP contribution in [0.3, 0.4) is 0 Å². The Morgan fingerprint density at radius 3 is 2.50 bits per heavy atom. The zero-order valence-corrected chi connectivity index (χ0v) is 7.90. The summed E-state index contributed by atoms with van der Waals surface area (Å²) in [7, 11) is 0. The van der Waals surface area contributed by atoms with E-state index in [-0.39, 0.29) is 12.4 Å². The molecular formula is C11H11O3. The fraction of sp³-hybridized carbons (Fsp3) is 0.182. The monoisotopic (exact) mass is 191 g/mol. The number of esters is 1. The van der Waals surface area contributed by atoms with Crippen molar-refractivity contribution in [3.63, 3.8) is 0 Å². The summed E-state index contributed by atoms with van der Waals surface area (Å²) in [4.78, 5) is 22.1. The molecule has 0 unspecified atom stereocenters. The van der Waals surface area contributed by atoms with Crippen molar-refractivity contribution in [2.75, 3.05) is 6.61 Å². The van der Waals surface area contributed by atoms with Crippen LogP contribution in [0.15, 0.2) is 30.3 Å². The van der Waals surface area contributed by atoms with Gasteiger partial charge in [-0.1, -0.05) is 37.3 Å². The van der Waals surface area contributed by atoms with Crippen molar-refractivity contribution in [3.8, 4) is 0 Å². The molecule has 0 aliphatic rings. The molecule has 0 atom stereocenters. The van der Waals surface area contributed by atoms with Gasteiger partial charge in [0.2, 0.25) is 0 Å². The van der Waals surface area contributed by atoms with E-state index in [0.717, 1.165) is 0 Å². The lowest BCUT2D eigenvalue weighted by atomic mass is 10.1. The molecule has 0 fully saturated rings. The number of ketones is 1. The first-order valence-corrected chi connectivity index (χ1v) is 4.28. The molecule has 73 valence electrons. The third-order valence-electron chi connectivity index (χ3n) is 1.68. The third kappa shape index (κ3) is 3.01. The molecule has 0 saturated carbocycles. The number of ether oxygens (including phenoxy) is 1. The van der Waals surface area contributed by atoms with Crippen LogP contribution < -0.4 is 0 Å². The van der Waals surface area contributed by atoms with Crippen LogP contribution in [0.1, 0.15) is 17.3 Å². The predicted molar refractivity (Wildman–Crippen MR) is 51.7 cm³/mol. The van der Waals surface area contributed by atoms with Crippen molar-refractivity contribution in [1.29, 1.82) is 0 Å². The molecule has 0 aliphatic heterocycles. The van der Waals surface area contributed by atoms with E-state index < -0.39 is 5.97 Å². The fourth-order valence-corrected chi connectivity index (χ4v) is 0.927. The minimum absolute atomic E-state index is 0.194. The Morgan fingerprint density at radius 1 is 1.29 bits per heavy atom. The smallest absolute Gasteiger partial charge is 0.309 e. The summed E-state index contributed by atoms with van der Waals surface area (Å²) in [6.45, 7) is 1.36. The number of benzene rings is 1. The van der Waals surface area contributed by atoms with E-state index in [4.69, 9.17) is 0 Å². The van der Waals surface area contributed by atoms with Gasteiger partial charge in [-0.2, -0.15) is 0 Å². The van der Waals surface area contributed by atoms with Crippen LogP contribution in [0.4, 0.5) is 0 Å². The Bertz CT molecular complexity index is 317. The Labute approximate surface area is 82.7 Å². The molecule has 0 heterocycles. The summed E-state index contributed by atoms with van der Waals surface area (Å²) in [5.41, 5.74) is 0.552. The minimum Gasteiger partial charge on any atom is -0.457 e. The van der Waals surface area contributed by atoms with E-state index in [9.17, 15) is 9.59 Å². The maximum Gasteiger partial charge on any atom is 0.309 e. The van der Waals surface area contributed by atoms with Gasteiger partial charge in [0.25, 0.3) is 0 Å². The van der Waals surface area contributed by atoms with Gasteiger partial charge in [0.05, 0.1) is 6.42 Å². The summed E-state index contributed by atoms with van der Waals surface area (Å²) in [6, 6.07) is 8.72. The average Bonchev–Trinajstić information content (AvgIpc) is 2.26. The van der Waals surface area contributed by atoms with Gasteiger partial charge in [0.15, 0.2) is 12.4 Å². The second kappa shape index (κ2) is 5.17. The molecule has 0 aliphatic carbocycles. The number of carbonyl (C=O) groups is 2. The van der Waals surface area contributed by atoms with E-state index in [1.165, 1.54) is 6.42 Å². The summed E-state index contributed by atoms with van der Waals surface area (Å²) in [5.74, 6) is -0.671. The van der Waals surface area contributed by atoms with Gasteiger partial charge >= 0.3 is 5.97 Å². The van der Waals surface area contributed by atoms with E-state index in [1.54, 1.807) is 31.2 Å². The van der Waals surface area contributed by atoms with Crippen LogP contribution in [0.25, 0.3) is 0 Å². The maximum atomic E-state index is 11.4. The number of hydrogen-bond donors (Lipinski definition) is 0.